The van der Waals surface area contributed by atoms with Gasteiger partial charge in [-0.1, -0.05) is 12.1 Å². The van der Waals surface area contributed by atoms with E-state index in [1.54, 1.807) is 0 Å². The molecule has 3 nitrogen and oxygen atoms in total. The number of hydrogen-bond donors (Lipinski definition) is 3. The molecule has 4 heteroatoms. The molecule has 0 aliphatic rings. The molecule has 0 amide bonds. The summed E-state index contributed by atoms with van der Waals surface area (Å²) in [5.74, 6) is 0. The van der Waals surface area contributed by atoms with E-state index >= 15 is 0 Å². The molecule has 2 rings (SSSR count). The SMILES string of the molecule is CNCC(O)c1ccc2c(Br)c[nH]c2c1. The average molecular weight is 269 g/mol. The summed E-state index contributed by atoms with van der Waals surface area (Å²) in [6, 6.07) is 5.93. The third-order valence-electron chi connectivity index (χ3n) is 2.44. The van der Waals surface area contributed by atoms with Crippen LogP contribution < -0.4 is 5.32 Å². The van der Waals surface area contributed by atoms with Gasteiger partial charge in [-0.15, -0.1) is 0 Å². The lowest BCUT2D eigenvalue weighted by molar-refractivity contribution is 0.178. The van der Waals surface area contributed by atoms with E-state index in [0.29, 0.717) is 6.54 Å². The Morgan fingerprint density at radius 3 is 3.07 bits per heavy atom. The van der Waals surface area contributed by atoms with Gasteiger partial charge in [-0.05, 0) is 34.6 Å². The predicted molar refractivity (Wildman–Crippen MR) is 64.9 cm³/mol. The van der Waals surface area contributed by atoms with Gasteiger partial charge in [0.25, 0.3) is 0 Å². The van der Waals surface area contributed by atoms with Crippen molar-refractivity contribution in [2.24, 2.45) is 0 Å². The van der Waals surface area contributed by atoms with Crippen molar-refractivity contribution in [3.05, 3.63) is 34.4 Å². The molecule has 80 valence electrons. The van der Waals surface area contributed by atoms with Gasteiger partial charge in [0.15, 0.2) is 0 Å². The largest absolute Gasteiger partial charge is 0.387 e. The van der Waals surface area contributed by atoms with Crippen molar-refractivity contribution in [1.29, 1.82) is 0 Å². The molecular formula is C11H13BrN2O. The first kappa shape index (κ1) is 10.7. The molecule has 0 aliphatic heterocycles. The normalized spacial score (nSPS) is 13.3. The zero-order chi connectivity index (χ0) is 10.8. The van der Waals surface area contributed by atoms with Gasteiger partial charge < -0.3 is 15.4 Å². The van der Waals surface area contributed by atoms with Crippen LogP contribution in [0.3, 0.4) is 0 Å². The van der Waals surface area contributed by atoms with E-state index in [-0.39, 0.29) is 0 Å². The smallest absolute Gasteiger partial charge is 0.0915 e. The van der Waals surface area contributed by atoms with Gasteiger partial charge in [0, 0.05) is 28.1 Å². The number of aliphatic hydroxyl groups excluding tert-OH is 1. The second-order valence-corrected chi connectivity index (χ2v) is 4.37. The highest BCUT2D eigenvalue weighted by Crippen LogP contribution is 2.25. The zero-order valence-corrected chi connectivity index (χ0v) is 10.0. The molecule has 1 atom stereocenters. The number of hydrogen-bond acceptors (Lipinski definition) is 2. The van der Waals surface area contributed by atoms with E-state index < -0.39 is 6.10 Å². The lowest BCUT2D eigenvalue weighted by atomic mass is 10.1. The number of aliphatic hydroxyl groups is 1. The number of nitrogens with one attached hydrogen (secondary N) is 2. The molecule has 0 bridgehead atoms. The molecule has 15 heavy (non-hydrogen) atoms. The van der Waals surface area contributed by atoms with Gasteiger partial charge in [0.1, 0.15) is 0 Å². The van der Waals surface area contributed by atoms with Crippen LogP contribution in [0.15, 0.2) is 28.9 Å². The van der Waals surface area contributed by atoms with E-state index in [2.05, 4.69) is 26.2 Å². The van der Waals surface area contributed by atoms with Crippen LogP contribution in [-0.2, 0) is 0 Å². The summed E-state index contributed by atoms with van der Waals surface area (Å²) >= 11 is 3.45. The molecule has 1 aromatic carbocycles. The van der Waals surface area contributed by atoms with E-state index in [4.69, 9.17) is 0 Å². The minimum absolute atomic E-state index is 0.457. The molecule has 1 aromatic heterocycles. The van der Waals surface area contributed by atoms with Gasteiger partial charge in [0.2, 0.25) is 0 Å². The number of fused-ring (bicyclic) bond motifs is 1. The molecule has 3 N–H and O–H groups in total. The van der Waals surface area contributed by atoms with Crippen LogP contribution in [0.4, 0.5) is 0 Å². The molecule has 0 radical (unpaired) electrons. The highest BCUT2D eigenvalue weighted by molar-refractivity contribution is 9.10. The first-order chi connectivity index (χ1) is 7.22. The summed E-state index contributed by atoms with van der Waals surface area (Å²) in [6.45, 7) is 0.563. The lowest BCUT2D eigenvalue weighted by Crippen LogP contribution is -2.16. The molecule has 2 aromatic rings. The maximum Gasteiger partial charge on any atom is 0.0915 e. The summed E-state index contributed by atoms with van der Waals surface area (Å²) in [7, 11) is 1.83. The molecule has 0 aliphatic carbocycles. The molecule has 0 spiro atoms. The summed E-state index contributed by atoms with van der Waals surface area (Å²) in [6.07, 6.45) is 1.44. The minimum Gasteiger partial charge on any atom is -0.387 e. The Bertz CT molecular complexity index is 467. The molecule has 1 unspecified atom stereocenters. The fourth-order valence-corrected chi connectivity index (χ4v) is 2.09. The van der Waals surface area contributed by atoms with Crippen molar-refractivity contribution in [2.45, 2.75) is 6.10 Å². The van der Waals surface area contributed by atoms with Crippen molar-refractivity contribution in [3.8, 4) is 0 Å². The van der Waals surface area contributed by atoms with Crippen LogP contribution in [0.25, 0.3) is 10.9 Å². The molecule has 0 fully saturated rings. The van der Waals surface area contributed by atoms with Crippen LogP contribution in [0, 0.1) is 0 Å². The summed E-state index contributed by atoms with van der Waals surface area (Å²) < 4.78 is 1.05. The summed E-state index contributed by atoms with van der Waals surface area (Å²) in [5.41, 5.74) is 1.96. The third-order valence-corrected chi connectivity index (χ3v) is 3.09. The van der Waals surface area contributed by atoms with Crippen molar-refractivity contribution in [2.75, 3.05) is 13.6 Å². The minimum atomic E-state index is -0.457. The van der Waals surface area contributed by atoms with E-state index in [0.717, 1.165) is 20.9 Å². The summed E-state index contributed by atoms with van der Waals surface area (Å²) in [4.78, 5) is 3.15. The van der Waals surface area contributed by atoms with Crippen LogP contribution >= 0.6 is 15.9 Å². The Hall–Kier alpha value is -0.840. The summed E-state index contributed by atoms with van der Waals surface area (Å²) in [5, 5.41) is 13.9. The fraction of sp³-hybridized carbons (Fsp3) is 0.273. The lowest BCUT2D eigenvalue weighted by Gasteiger charge is -2.09. The van der Waals surface area contributed by atoms with Gasteiger partial charge >= 0.3 is 0 Å². The molecule has 0 saturated heterocycles. The van der Waals surface area contributed by atoms with Crippen LogP contribution in [0.2, 0.25) is 0 Å². The molecular weight excluding hydrogens is 256 g/mol. The number of H-pyrrole nitrogens is 1. The molecule has 1 heterocycles. The quantitative estimate of drug-likeness (QED) is 0.799. The maximum absolute atomic E-state index is 9.80. The third kappa shape index (κ3) is 2.07. The average Bonchev–Trinajstić information content (AvgIpc) is 2.60. The standard InChI is InChI=1S/C11H13BrN2O/c1-13-6-11(15)7-2-3-8-9(12)5-14-10(8)4-7/h2-5,11,13-15H,6H2,1H3. The number of halogens is 1. The van der Waals surface area contributed by atoms with Gasteiger partial charge in [-0.25, -0.2) is 0 Å². The number of aromatic amines is 1. The maximum atomic E-state index is 9.80. The van der Waals surface area contributed by atoms with E-state index in [1.807, 2.05) is 31.4 Å². The van der Waals surface area contributed by atoms with E-state index in [1.165, 1.54) is 0 Å². The van der Waals surface area contributed by atoms with Crippen molar-refractivity contribution in [1.82, 2.24) is 10.3 Å². The zero-order valence-electron chi connectivity index (χ0n) is 8.42. The highest BCUT2D eigenvalue weighted by Gasteiger charge is 2.08. The van der Waals surface area contributed by atoms with Crippen LogP contribution in [-0.4, -0.2) is 23.7 Å². The Morgan fingerprint density at radius 1 is 1.53 bits per heavy atom. The monoisotopic (exact) mass is 268 g/mol. The molecule has 0 saturated carbocycles. The Labute approximate surface area is 96.6 Å². The van der Waals surface area contributed by atoms with Gasteiger partial charge in [0.05, 0.1) is 6.10 Å². The Balaban J connectivity index is 2.38. The second kappa shape index (κ2) is 4.35. The topological polar surface area (TPSA) is 48.0 Å². The van der Waals surface area contributed by atoms with Gasteiger partial charge in [-0.2, -0.15) is 0 Å². The second-order valence-electron chi connectivity index (χ2n) is 3.52. The van der Waals surface area contributed by atoms with Crippen molar-refractivity contribution >= 4 is 26.8 Å². The van der Waals surface area contributed by atoms with Crippen molar-refractivity contribution in [3.63, 3.8) is 0 Å². The first-order valence-corrected chi connectivity index (χ1v) is 5.61. The number of rotatable bonds is 3. The Morgan fingerprint density at radius 2 is 2.33 bits per heavy atom. The van der Waals surface area contributed by atoms with Gasteiger partial charge in [-0.3, -0.25) is 0 Å². The first-order valence-electron chi connectivity index (χ1n) is 4.81. The van der Waals surface area contributed by atoms with Crippen LogP contribution in [0.1, 0.15) is 11.7 Å². The predicted octanol–water partition coefficient (Wildman–Crippen LogP) is 2.18. The number of likely N-dealkylation sites (N-methyl/N-ethyl adjacent to an activating group) is 1. The fourth-order valence-electron chi connectivity index (χ4n) is 1.63. The van der Waals surface area contributed by atoms with Crippen molar-refractivity contribution < 1.29 is 5.11 Å². The van der Waals surface area contributed by atoms with E-state index in [9.17, 15) is 5.11 Å². The highest BCUT2D eigenvalue weighted by atomic mass is 79.9. The number of aromatic nitrogens is 1. The Kier molecular flexibility index (Phi) is 3.09. The van der Waals surface area contributed by atoms with Crippen LogP contribution in [0.5, 0.6) is 0 Å². The number of benzene rings is 1.